The third-order valence-electron chi connectivity index (χ3n) is 2.20. The quantitative estimate of drug-likeness (QED) is 0.625. The monoisotopic (exact) mass is 255 g/mol. The first-order chi connectivity index (χ1) is 8.58. The van der Waals surface area contributed by atoms with Crippen molar-refractivity contribution in [3.63, 3.8) is 0 Å². The van der Waals surface area contributed by atoms with Crippen LogP contribution in [0.1, 0.15) is 19.4 Å². The summed E-state index contributed by atoms with van der Waals surface area (Å²) in [6.45, 7) is 3.46. The van der Waals surface area contributed by atoms with Crippen LogP contribution in [0.2, 0.25) is 0 Å². The predicted molar refractivity (Wildman–Crippen MR) is 62.5 cm³/mol. The highest BCUT2D eigenvalue weighted by Gasteiger charge is 2.10. The lowest BCUT2D eigenvalue weighted by Crippen LogP contribution is -2.11. The number of benzene rings is 1. The van der Waals surface area contributed by atoms with Crippen molar-refractivity contribution < 1.29 is 23.8 Å². The lowest BCUT2D eigenvalue weighted by atomic mass is 10.2. The van der Waals surface area contributed by atoms with E-state index in [0.717, 1.165) is 0 Å². The van der Waals surface area contributed by atoms with Crippen molar-refractivity contribution >= 4 is 18.1 Å². The zero-order chi connectivity index (χ0) is 13.5. The molecule has 1 N–H and O–H groups in total. The number of amides is 1. The van der Waals surface area contributed by atoms with Crippen LogP contribution in [0.4, 0.5) is 10.2 Å². The molecule has 0 saturated heterocycles. The highest BCUT2D eigenvalue weighted by Crippen LogP contribution is 2.26. The number of hydrogen-bond acceptors (Lipinski definition) is 4. The van der Waals surface area contributed by atoms with Crippen molar-refractivity contribution in [1.29, 1.82) is 0 Å². The number of nitrogens with one attached hydrogen (secondary N) is 1. The zero-order valence-electron chi connectivity index (χ0n) is 10.1. The number of esters is 1. The standard InChI is InChI=1S/C12H14FNO4/c1-8(2)12(16)17-6-9-3-4-10(14-7-15)11(5-9)18-13/h3-5,7-8H,6H2,1-2H3,(H,14,15). The summed E-state index contributed by atoms with van der Waals surface area (Å²) >= 11 is 0. The Morgan fingerprint density at radius 2 is 2.22 bits per heavy atom. The van der Waals surface area contributed by atoms with Crippen LogP contribution >= 0.6 is 0 Å². The summed E-state index contributed by atoms with van der Waals surface area (Å²) in [6, 6.07) is 4.41. The van der Waals surface area contributed by atoms with Crippen LogP contribution < -0.4 is 10.3 Å². The van der Waals surface area contributed by atoms with Gasteiger partial charge < -0.3 is 10.1 Å². The molecule has 0 atom stereocenters. The highest BCUT2D eigenvalue weighted by molar-refractivity contribution is 5.75. The molecule has 0 aliphatic carbocycles. The number of halogens is 1. The van der Waals surface area contributed by atoms with Crippen molar-refractivity contribution in [2.45, 2.75) is 20.5 Å². The lowest BCUT2D eigenvalue weighted by molar-refractivity contribution is -0.148. The van der Waals surface area contributed by atoms with Gasteiger partial charge in [-0.3, -0.25) is 14.5 Å². The maximum atomic E-state index is 12.3. The fourth-order valence-corrected chi connectivity index (χ4v) is 1.22. The molecular formula is C12H14FNO4. The largest absolute Gasteiger partial charge is 0.461 e. The second kappa shape index (κ2) is 6.58. The van der Waals surface area contributed by atoms with Gasteiger partial charge in [0.25, 0.3) is 0 Å². The van der Waals surface area contributed by atoms with Crippen LogP contribution in [0, 0.1) is 5.92 Å². The summed E-state index contributed by atoms with van der Waals surface area (Å²) in [5, 5.41) is 2.28. The average molecular weight is 255 g/mol. The Hall–Kier alpha value is -2.11. The molecule has 0 radical (unpaired) electrons. The van der Waals surface area contributed by atoms with Gasteiger partial charge in [-0.2, -0.15) is 0 Å². The van der Waals surface area contributed by atoms with Crippen LogP contribution in [0.3, 0.4) is 0 Å². The minimum Gasteiger partial charge on any atom is -0.461 e. The number of hydrogen-bond donors (Lipinski definition) is 1. The van der Waals surface area contributed by atoms with Crippen LogP contribution in [0.25, 0.3) is 0 Å². The zero-order valence-corrected chi connectivity index (χ0v) is 10.1. The van der Waals surface area contributed by atoms with Gasteiger partial charge in [0.15, 0.2) is 5.75 Å². The van der Waals surface area contributed by atoms with Crippen LogP contribution in [-0.2, 0) is 20.9 Å². The second-order valence-electron chi connectivity index (χ2n) is 3.93. The van der Waals surface area contributed by atoms with Crippen molar-refractivity contribution in [1.82, 2.24) is 0 Å². The molecule has 0 bridgehead atoms. The van der Waals surface area contributed by atoms with Gasteiger partial charge in [-0.1, -0.05) is 19.9 Å². The molecule has 1 aromatic carbocycles. The number of ether oxygens (including phenoxy) is 1. The first-order valence-electron chi connectivity index (χ1n) is 5.36. The van der Waals surface area contributed by atoms with Gasteiger partial charge in [0.2, 0.25) is 6.41 Å². The van der Waals surface area contributed by atoms with Gasteiger partial charge in [0.1, 0.15) is 6.61 Å². The molecule has 0 unspecified atom stereocenters. The van der Waals surface area contributed by atoms with E-state index in [2.05, 4.69) is 10.3 Å². The van der Waals surface area contributed by atoms with E-state index < -0.39 is 0 Å². The fraction of sp³-hybridized carbons (Fsp3) is 0.333. The molecule has 0 heterocycles. The molecule has 0 aliphatic heterocycles. The van der Waals surface area contributed by atoms with Crippen molar-refractivity contribution in [2.24, 2.45) is 5.92 Å². The molecule has 5 nitrogen and oxygen atoms in total. The number of carbonyl (C=O) groups is 2. The first kappa shape index (κ1) is 14.0. The fourth-order valence-electron chi connectivity index (χ4n) is 1.22. The summed E-state index contributed by atoms with van der Waals surface area (Å²) in [5.74, 6) is -0.703. The maximum absolute atomic E-state index is 12.3. The Morgan fingerprint density at radius 3 is 2.78 bits per heavy atom. The van der Waals surface area contributed by atoms with E-state index in [4.69, 9.17) is 4.74 Å². The molecule has 18 heavy (non-hydrogen) atoms. The third kappa shape index (κ3) is 3.73. The Morgan fingerprint density at radius 1 is 1.50 bits per heavy atom. The Labute approximate surface area is 104 Å². The third-order valence-corrected chi connectivity index (χ3v) is 2.20. The number of carbonyl (C=O) groups excluding carboxylic acids is 2. The van der Waals surface area contributed by atoms with Crippen molar-refractivity contribution in [2.75, 3.05) is 5.32 Å². The summed E-state index contributed by atoms with van der Waals surface area (Å²) < 4.78 is 17.2. The molecule has 98 valence electrons. The number of rotatable bonds is 6. The molecule has 0 fully saturated rings. The Kier molecular flexibility index (Phi) is 5.10. The first-order valence-corrected chi connectivity index (χ1v) is 5.36. The van der Waals surface area contributed by atoms with E-state index in [0.29, 0.717) is 12.0 Å². The highest BCUT2D eigenvalue weighted by atomic mass is 19.3. The molecular weight excluding hydrogens is 241 g/mol. The van der Waals surface area contributed by atoms with Gasteiger partial charge in [-0.25, -0.2) is 0 Å². The smallest absolute Gasteiger partial charge is 0.308 e. The van der Waals surface area contributed by atoms with Crippen molar-refractivity contribution in [3.05, 3.63) is 23.8 Å². The minimum absolute atomic E-state index is 0.0226. The van der Waals surface area contributed by atoms with Gasteiger partial charge >= 0.3 is 5.97 Å². The van der Waals surface area contributed by atoms with Gasteiger partial charge in [0.05, 0.1) is 11.6 Å². The molecule has 1 rings (SSSR count). The second-order valence-corrected chi connectivity index (χ2v) is 3.93. The van der Waals surface area contributed by atoms with E-state index in [-0.39, 0.29) is 29.9 Å². The molecule has 0 aliphatic rings. The van der Waals surface area contributed by atoms with Gasteiger partial charge in [0, 0.05) is 4.53 Å². The summed E-state index contributed by atoms with van der Waals surface area (Å²) in [6.07, 6.45) is 0.413. The average Bonchev–Trinajstić information content (AvgIpc) is 2.37. The van der Waals surface area contributed by atoms with Crippen LogP contribution in [0.5, 0.6) is 5.75 Å². The Bertz CT molecular complexity index is 434. The van der Waals surface area contributed by atoms with Gasteiger partial charge in [-0.15, -0.1) is 0 Å². The molecule has 6 heteroatoms. The summed E-state index contributed by atoms with van der Waals surface area (Å²) in [5.41, 5.74) is 0.763. The molecule has 0 spiro atoms. The van der Waals surface area contributed by atoms with Crippen molar-refractivity contribution in [3.8, 4) is 5.75 Å². The molecule has 1 amide bonds. The van der Waals surface area contributed by atoms with E-state index in [1.165, 1.54) is 12.1 Å². The summed E-state index contributed by atoms with van der Waals surface area (Å²) in [7, 11) is 0. The normalized spacial score (nSPS) is 10.0. The predicted octanol–water partition coefficient (Wildman–Crippen LogP) is 2.22. The molecule has 1 aromatic rings. The molecule has 0 saturated carbocycles. The van der Waals surface area contributed by atoms with E-state index >= 15 is 0 Å². The maximum Gasteiger partial charge on any atom is 0.308 e. The topological polar surface area (TPSA) is 64.6 Å². The lowest BCUT2D eigenvalue weighted by Gasteiger charge is -2.09. The van der Waals surface area contributed by atoms with E-state index in [1.54, 1.807) is 19.9 Å². The van der Waals surface area contributed by atoms with Crippen LogP contribution in [-0.4, -0.2) is 12.4 Å². The van der Waals surface area contributed by atoms with E-state index in [9.17, 15) is 14.1 Å². The summed E-state index contributed by atoms with van der Waals surface area (Å²) in [4.78, 5) is 25.1. The van der Waals surface area contributed by atoms with E-state index in [1.807, 2.05) is 0 Å². The SMILES string of the molecule is CC(C)C(=O)OCc1ccc(NC=O)c(OF)c1. The van der Waals surface area contributed by atoms with Crippen LogP contribution in [0.15, 0.2) is 18.2 Å². The number of anilines is 1. The Balaban J connectivity index is 2.73. The van der Waals surface area contributed by atoms with Gasteiger partial charge in [-0.05, 0) is 17.7 Å². The molecule has 0 aromatic heterocycles. The minimum atomic E-state index is -0.340.